The topological polar surface area (TPSA) is 139 Å². The first kappa shape index (κ1) is 16.7. The SMILES string of the molecule is O=C(O)NCC(O)C(O)C(Cc1ccccc1)NC(=O)O. The Hall–Kier alpha value is -2.32. The van der Waals surface area contributed by atoms with Gasteiger partial charge in [0.25, 0.3) is 0 Å². The summed E-state index contributed by atoms with van der Waals surface area (Å²) in [4.78, 5) is 21.1. The monoisotopic (exact) mass is 298 g/mol. The van der Waals surface area contributed by atoms with Gasteiger partial charge in [-0.15, -0.1) is 0 Å². The molecule has 21 heavy (non-hydrogen) atoms. The summed E-state index contributed by atoms with van der Waals surface area (Å²) in [6.07, 6.45) is -5.39. The average molecular weight is 298 g/mol. The van der Waals surface area contributed by atoms with Crippen LogP contribution in [0.2, 0.25) is 0 Å². The van der Waals surface area contributed by atoms with Crippen molar-refractivity contribution in [3.05, 3.63) is 35.9 Å². The zero-order chi connectivity index (χ0) is 15.8. The molecule has 8 heteroatoms. The van der Waals surface area contributed by atoms with Gasteiger partial charge >= 0.3 is 12.2 Å². The van der Waals surface area contributed by atoms with E-state index in [-0.39, 0.29) is 6.42 Å². The lowest BCUT2D eigenvalue weighted by molar-refractivity contribution is -0.00148. The van der Waals surface area contributed by atoms with E-state index in [0.29, 0.717) is 0 Å². The van der Waals surface area contributed by atoms with Crippen molar-refractivity contribution >= 4 is 12.2 Å². The van der Waals surface area contributed by atoms with E-state index in [1.54, 1.807) is 30.3 Å². The Morgan fingerprint density at radius 2 is 1.67 bits per heavy atom. The lowest BCUT2D eigenvalue weighted by Gasteiger charge is -2.26. The second-order valence-electron chi connectivity index (χ2n) is 4.49. The van der Waals surface area contributed by atoms with Gasteiger partial charge < -0.3 is 31.1 Å². The quantitative estimate of drug-likeness (QED) is 0.414. The molecule has 0 aliphatic rings. The summed E-state index contributed by atoms with van der Waals surface area (Å²) < 4.78 is 0. The maximum Gasteiger partial charge on any atom is 0.404 e. The number of aliphatic hydroxyl groups is 2. The number of carbonyl (C=O) groups is 2. The fourth-order valence-electron chi connectivity index (χ4n) is 1.86. The smallest absolute Gasteiger partial charge is 0.404 e. The Morgan fingerprint density at radius 1 is 1.05 bits per heavy atom. The van der Waals surface area contributed by atoms with Crippen LogP contribution in [-0.2, 0) is 6.42 Å². The van der Waals surface area contributed by atoms with Crippen molar-refractivity contribution in [3.63, 3.8) is 0 Å². The van der Waals surface area contributed by atoms with Crippen LogP contribution < -0.4 is 10.6 Å². The van der Waals surface area contributed by atoms with Crippen LogP contribution in [0.4, 0.5) is 9.59 Å². The number of nitrogens with one attached hydrogen (secondary N) is 2. The van der Waals surface area contributed by atoms with Crippen LogP contribution in [0.15, 0.2) is 30.3 Å². The highest BCUT2D eigenvalue weighted by atomic mass is 16.4. The molecule has 3 unspecified atom stereocenters. The third kappa shape index (κ3) is 6.11. The second-order valence-corrected chi connectivity index (χ2v) is 4.49. The van der Waals surface area contributed by atoms with Crippen LogP contribution >= 0.6 is 0 Å². The molecule has 1 aromatic rings. The first-order valence-corrected chi connectivity index (χ1v) is 6.26. The molecule has 2 amide bonds. The number of aliphatic hydroxyl groups excluding tert-OH is 2. The number of hydrogen-bond acceptors (Lipinski definition) is 4. The highest BCUT2D eigenvalue weighted by Crippen LogP contribution is 2.09. The van der Waals surface area contributed by atoms with Crippen LogP contribution in [0.5, 0.6) is 0 Å². The zero-order valence-electron chi connectivity index (χ0n) is 11.1. The maximum absolute atomic E-state index is 10.8. The summed E-state index contributed by atoms with van der Waals surface area (Å²) in [6, 6.07) is 7.88. The summed E-state index contributed by atoms with van der Waals surface area (Å²) in [5.74, 6) is 0. The number of rotatable bonds is 7. The molecule has 0 fully saturated rings. The van der Waals surface area contributed by atoms with E-state index < -0.39 is 37.0 Å². The van der Waals surface area contributed by atoms with Gasteiger partial charge in [-0.2, -0.15) is 0 Å². The van der Waals surface area contributed by atoms with Gasteiger partial charge in [-0.05, 0) is 12.0 Å². The Morgan fingerprint density at radius 3 is 2.19 bits per heavy atom. The van der Waals surface area contributed by atoms with E-state index in [0.717, 1.165) is 5.56 Å². The first-order chi connectivity index (χ1) is 9.90. The van der Waals surface area contributed by atoms with Gasteiger partial charge in [0.2, 0.25) is 0 Å². The third-order valence-corrected chi connectivity index (χ3v) is 2.88. The fraction of sp³-hybridized carbons (Fsp3) is 0.385. The lowest BCUT2D eigenvalue weighted by Crippen LogP contribution is -2.52. The molecular weight excluding hydrogens is 280 g/mol. The molecule has 0 radical (unpaired) electrons. The summed E-state index contributed by atoms with van der Waals surface area (Å²) in [6.45, 7) is -0.400. The number of benzene rings is 1. The van der Waals surface area contributed by atoms with Crippen molar-refractivity contribution in [2.24, 2.45) is 0 Å². The molecule has 0 spiro atoms. The molecule has 0 saturated carbocycles. The minimum atomic E-state index is -1.45. The molecule has 1 aromatic carbocycles. The van der Waals surface area contributed by atoms with Gasteiger partial charge in [0.1, 0.15) is 6.10 Å². The van der Waals surface area contributed by atoms with E-state index in [2.05, 4.69) is 5.32 Å². The van der Waals surface area contributed by atoms with Crippen LogP contribution in [0.25, 0.3) is 0 Å². The first-order valence-electron chi connectivity index (χ1n) is 6.26. The van der Waals surface area contributed by atoms with Crippen LogP contribution in [0, 0.1) is 0 Å². The molecule has 0 heterocycles. The molecule has 116 valence electrons. The van der Waals surface area contributed by atoms with Crippen molar-refractivity contribution in [1.29, 1.82) is 0 Å². The molecule has 8 nitrogen and oxygen atoms in total. The number of amides is 2. The largest absolute Gasteiger partial charge is 0.465 e. The van der Waals surface area contributed by atoms with Gasteiger partial charge in [-0.3, -0.25) is 0 Å². The molecular formula is C13H18N2O6. The average Bonchev–Trinajstić information content (AvgIpc) is 2.43. The molecule has 0 saturated heterocycles. The lowest BCUT2D eigenvalue weighted by atomic mass is 9.98. The van der Waals surface area contributed by atoms with E-state index in [1.165, 1.54) is 0 Å². The van der Waals surface area contributed by atoms with Gasteiger partial charge in [0, 0.05) is 6.54 Å². The van der Waals surface area contributed by atoms with Crippen molar-refractivity contribution in [3.8, 4) is 0 Å². The summed E-state index contributed by atoms with van der Waals surface area (Å²) in [5, 5.41) is 41.0. The Bertz CT molecular complexity index is 467. The molecule has 0 aliphatic carbocycles. The third-order valence-electron chi connectivity index (χ3n) is 2.88. The number of hydrogen-bond donors (Lipinski definition) is 6. The highest BCUT2D eigenvalue weighted by Gasteiger charge is 2.28. The van der Waals surface area contributed by atoms with Crippen LogP contribution in [-0.4, -0.2) is 57.4 Å². The van der Waals surface area contributed by atoms with E-state index in [1.807, 2.05) is 5.32 Å². The molecule has 1 rings (SSSR count). The Balaban J connectivity index is 2.71. The van der Waals surface area contributed by atoms with Crippen molar-refractivity contribution in [1.82, 2.24) is 10.6 Å². The van der Waals surface area contributed by atoms with Gasteiger partial charge in [-0.25, -0.2) is 9.59 Å². The number of carboxylic acid groups (broad SMARTS) is 2. The van der Waals surface area contributed by atoms with Crippen molar-refractivity contribution in [2.45, 2.75) is 24.7 Å². The normalized spacial score (nSPS) is 14.8. The molecule has 0 aromatic heterocycles. The van der Waals surface area contributed by atoms with Crippen LogP contribution in [0.1, 0.15) is 5.56 Å². The van der Waals surface area contributed by atoms with Gasteiger partial charge in [0.05, 0.1) is 12.1 Å². The van der Waals surface area contributed by atoms with Gasteiger partial charge in [-0.1, -0.05) is 30.3 Å². The van der Waals surface area contributed by atoms with Gasteiger partial charge in [0.15, 0.2) is 0 Å². The maximum atomic E-state index is 10.8. The fourth-order valence-corrected chi connectivity index (χ4v) is 1.86. The molecule has 6 N–H and O–H groups in total. The standard InChI is InChI=1S/C13H18N2O6/c16-10(7-14-12(18)19)11(17)9(15-13(20)21)6-8-4-2-1-3-5-8/h1-5,9-11,14-17H,6-7H2,(H,18,19)(H,20,21). The Labute approximate surface area is 121 Å². The Kier molecular flexibility index (Phi) is 6.44. The van der Waals surface area contributed by atoms with Crippen molar-refractivity contribution < 1.29 is 30.0 Å². The van der Waals surface area contributed by atoms with E-state index >= 15 is 0 Å². The van der Waals surface area contributed by atoms with Crippen LogP contribution in [0.3, 0.4) is 0 Å². The molecule has 3 atom stereocenters. The summed E-state index contributed by atoms with van der Waals surface area (Å²) in [7, 11) is 0. The molecule has 0 bridgehead atoms. The minimum absolute atomic E-state index is 0.165. The van der Waals surface area contributed by atoms with Crippen molar-refractivity contribution in [2.75, 3.05) is 6.54 Å². The predicted molar refractivity (Wildman–Crippen MR) is 73.1 cm³/mol. The van der Waals surface area contributed by atoms with E-state index in [9.17, 15) is 19.8 Å². The van der Waals surface area contributed by atoms with E-state index in [4.69, 9.17) is 10.2 Å². The minimum Gasteiger partial charge on any atom is -0.465 e. The highest BCUT2D eigenvalue weighted by molar-refractivity contribution is 5.65. The second kappa shape index (κ2) is 8.08. The molecule has 0 aliphatic heterocycles. The zero-order valence-corrected chi connectivity index (χ0v) is 11.1. The summed E-state index contributed by atoms with van der Waals surface area (Å²) >= 11 is 0. The predicted octanol–water partition coefficient (Wildman–Crippen LogP) is -0.145. The summed E-state index contributed by atoms with van der Waals surface area (Å²) in [5.41, 5.74) is 0.772.